The molecule has 3 aromatic rings. The molecule has 0 saturated carbocycles. The van der Waals surface area contributed by atoms with Gasteiger partial charge in [0.2, 0.25) is 5.91 Å². The molecule has 0 atom stereocenters. The van der Waals surface area contributed by atoms with Gasteiger partial charge in [-0.3, -0.25) is 14.4 Å². The number of aromatic amines is 1. The Kier molecular flexibility index (Phi) is 8.90. The Morgan fingerprint density at radius 3 is 2.50 bits per heavy atom. The van der Waals surface area contributed by atoms with Gasteiger partial charge in [-0.2, -0.15) is 0 Å². The molecule has 2 amide bonds. The Morgan fingerprint density at radius 2 is 1.82 bits per heavy atom. The number of hydrogen-bond donors (Lipinski definition) is 3. The van der Waals surface area contributed by atoms with Crippen molar-refractivity contribution < 1.29 is 9.59 Å². The van der Waals surface area contributed by atoms with Gasteiger partial charge in [0, 0.05) is 48.7 Å². The summed E-state index contributed by atoms with van der Waals surface area (Å²) in [4.78, 5) is 44.5. The number of likely N-dealkylation sites (tertiary alicyclic amines) is 1. The van der Waals surface area contributed by atoms with Crippen LogP contribution >= 0.6 is 0 Å². The third kappa shape index (κ3) is 7.07. The first-order valence-corrected chi connectivity index (χ1v) is 13.6. The number of nitrogens with zero attached hydrogens (tertiary/aromatic N) is 2. The molecule has 0 radical (unpaired) electrons. The predicted molar refractivity (Wildman–Crippen MR) is 162 cm³/mol. The summed E-state index contributed by atoms with van der Waals surface area (Å²) in [6, 6.07) is 13.5. The quantitative estimate of drug-likeness (QED) is 0.339. The first kappa shape index (κ1) is 28.8. The second kappa shape index (κ2) is 12.3. The molecule has 210 valence electrons. The number of H-pyrrole nitrogens is 1. The summed E-state index contributed by atoms with van der Waals surface area (Å²) in [5.74, 6) is 0.198. The predicted octanol–water partition coefficient (Wildman–Crippen LogP) is 4.77. The third-order valence-corrected chi connectivity index (χ3v) is 7.01. The fourth-order valence-electron chi connectivity index (χ4n) is 4.88. The summed E-state index contributed by atoms with van der Waals surface area (Å²) in [5.41, 5.74) is 6.45. The minimum Gasteiger partial charge on any atom is -0.374 e. The van der Waals surface area contributed by atoms with E-state index in [1.165, 1.54) is 5.56 Å². The average Bonchev–Trinajstić information content (AvgIpc) is 2.86. The Hall–Kier alpha value is -4.17. The lowest BCUT2D eigenvalue weighted by Gasteiger charge is -2.39. The SMILES string of the molecule is Cc1cc(C(=O)Nc2ccc(C(C)C)c(C)c2)cc(-c2c[nH]c(=O)c(NC3CN(C(=O)/C=C/CN(C)C)C3)c2)c1. The van der Waals surface area contributed by atoms with Crippen molar-refractivity contribution in [2.75, 3.05) is 44.4 Å². The number of anilines is 2. The average molecular weight is 542 g/mol. The van der Waals surface area contributed by atoms with E-state index in [2.05, 4.69) is 42.5 Å². The molecule has 0 bridgehead atoms. The van der Waals surface area contributed by atoms with Crippen LogP contribution in [0.5, 0.6) is 0 Å². The molecule has 8 heteroatoms. The molecule has 1 saturated heterocycles. The molecule has 8 nitrogen and oxygen atoms in total. The van der Waals surface area contributed by atoms with E-state index < -0.39 is 0 Å². The van der Waals surface area contributed by atoms with E-state index in [4.69, 9.17) is 0 Å². The number of hydrogen-bond acceptors (Lipinski definition) is 5. The smallest absolute Gasteiger partial charge is 0.271 e. The van der Waals surface area contributed by atoms with Gasteiger partial charge in [-0.1, -0.05) is 32.1 Å². The first-order chi connectivity index (χ1) is 19.0. The number of carbonyl (C=O) groups excluding carboxylic acids is 2. The van der Waals surface area contributed by atoms with Crippen molar-refractivity contribution in [3.63, 3.8) is 0 Å². The Morgan fingerprint density at radius 1 is 1.07 bits per heavy atom. The Bertz CT molecular complexity index is 1480. The molecule has 40 heavy (non-hydrogen) atoms. The number of pyridine rings is 1. The van der Waals surface area contributed by atoms with Crippen molar-refractivity contribution in [3.05, 3.63) is 93.4 Å². The lowest BCUT2D eigenvalue weighted by molar-refractivity contribution is -0.129. The van der Waals surface area contributed by atoms with Crippen molar-refractivity contribution >= 4 is 23.2 Å². The summed E-state index contributed by atoms with van der Waals surface area (Å²) < 4.78 is 0. The minimum absolute atomic E-state index is 0.00746. The highest BCUT2D eigenvalue weighted by molar-refractivity contribution is 6.05. The largest absolute Gasteiger partial charge is 0.374 e. The maximum atomic E-state index is 13.2. The third-order valence-electron chi connectivity index (χ3n) is 7.01. The molecule has 1 aliphatic heterocycles. The summed E-state index contributed by atoms with van der Waals surface area (Å²) >= 11 is 0. The number of benzene rings is 2. The van der Waals surface area contributed by atoms with E-state index in [-0.39, 0.29) is 23.4 Å². The summed E-state index contributed by atoms with van der Waals surface area (Å²) in [6.07, 6.45) is 5.10. The van der Waals surface area contributed by atoms with Crippen molar-refractivity contribution in [2.45, 2.75) is 39.7 Å². The van der Waals surface area contributed by atoms with Crippen molar-refractivity contribution in [1.29, 1.82) is 0 Å². The monoisotopic (exact) mass is 541 g/mol. The van der Waals surface area contributed by atoms with Gasteiger partial charge in [0.25, 0.3) is 11.5 Å². The fourth-order valence-corrected chi connectivity index (χ4v) is 4.88. The number of amides is 2. The number of likely N-dealkylation sites (N-methyl/N-ethyl adjacent to an activating group) is 1. The van der Waals surface area contributed by atoms with Gasteiger partial charge in [-0.15, -0.1) is 0 Å². The van der Waals surface area contributed by atoms with Gasteiger partial charge in [0.05, 0.1) is 6.04 Å². The lowest BCUT2D eigenvalue weighted by Crippen LogP contribution is -2.57. The number of nitrogens with one attached hydrogen (secondary N) is 3. The van der Waals surface area contributed by atoms with Crippen LogP contribution in [0.15, 0.2) is 65.6 Å². The van der Waals surface area contributed by atoms with Gasteiger partial charge in [0.1, 0.15) is 5.69 Å². The van der Waals surface area contributed by atoms with Crippen LogP contribution in [-0.4, -0.2) is 66.4 Å². The highest BCUT2D eigenvalue weighted by Crippen LogP contribution is 2.26. The normalized spacial score (nSPS) is 13.7. The summed E-state index contributed by atoms with van der Waals surface area (Å²) in [5, 5.41) is 6.28. The van der Waals surface area contributed by atoms with Crippen molar-refractivity contribution in [3.8, 4) is 11.1 Å². The zero-order valence-electron chi connectivity index (χ0n) is 24.2. The van der Waals surface area contributed by atoms with Gasteiger partial charge in [-0.25, -0.2) is 0 Å². The van der Waals surface area contributed by atoms with E-state index in [0.717, 1.165) is 27.9 Å². The van der Waals surface area contributed by atoms with E-state index in [1.807, 2.05) is 62.3 Å². The molecule has 3 N–H and O–H groups in total. The lowest BCUT2D eigenvalue weighted by atomic mass is 9.97. The van der Waals surface area contributed by atoms with E-state index in [9.17, 15) is 14.4 Å². The Labute approximate surface area is 236 Å². The highest BCUT2D eigenvalue weighted by atomic mass is 16.2. The molecule has 2 aromatic carbocycles. The topological polar surface area (TPSA) is 97.5 Å². The standard InChI is InChI=1S/C32H39N5O3/c1-20(2)28-10-9-26(14-22(28)4)35-31(39)24-13-21(3)12-23(15-24)25-16-29(32(40)33-17-25)34-27-18-37(19-27)30(38)8-7-11-36(5)6/h7-10,12-17,20,27,34H,11,18-19H2,1-6H3,(H,33,40)(H,35,39)/b8-7+. The minimum atomic E-state index is -0.231. The maximum Gasteiger partial charge on any atom is 0.271 e. The van der Waals surface area contributed by atoms with Crippen LogP contribution in [0, 0.1) is 13.8 Å². The van der Waals surface area contributed by atoms with Gasteiger partial charge < -0.3 is 25.4 Å². The second-order valence-corrected chi connectivity index (χ2v) is 11.1. The molecule has 1 aliphatic rings. The van der Waals surface area contributed by atoms with Crippen LogP contribution in [0.1, 0.15) is 46.8 Å². The van der Waals surface area contributed by atoms with E-state index in [1.54, 1.807) is 23.2 Å². The fraction of sp³-hybridized carbons (Fsp3) is 0.344. The number of carbonyl (C=O) groups is 2. The van der Waals surface area contributed by atoms with E-state index in [0.29, 0.717) is 36.8 Å². The van der Waals surface area contributed by atoms with Crippen molar-refractivity contribution in [2.24, 2.45) is 0 Å². The number of aromatic nitrogens is 1. The van der Waals surface area contributed by atoms with Crippen LogP contribution in [-0.2, 0) is 4.79 Å². The number of aryl methyl sites for hydroxylation is 2. The molecule has 1 aromatic heterocycles. The molecule has 0 unspecified atom stereocenters. The molecule has 4 rings (SSSR count). The summed E-state index contributed by atoms with van der Waals surface area (Å²) in [6.45, 7) is 10.1. The van der Waals surface area contributed by atoms with Crippen LogP contribution in [0.2, 0.25) is 0 Å². The molecule has 1 fully saturated rings. The molecule has 0 spiro atoms. The molecule has 0 aliphatic carbocycles. The van der Waals surface area contributed by atoms with Gasteiger partial charge in [0.15, 0.2) is 0 Å². The second-order valence-electron chi connectivity index (χ2n) is 11.1. The highest BCUT2D eigenvalue weighted by Gasteiger charge is 2.29. The van der Waals surface area contributed by atoms with Crippen LogP contribution < -0.4 is 16.2 Å². The first-order valence-electron chi connectivity index (χ1n) is 13.6. The zero-order valence-corrected chi connectivity index (χ0v) is 24.2. The zero-order chi connectivity index (χ0) is 29.0. The van der Waals surface area contributed by atoms with E-state index >= 15 is 0 Å². The maximum absolute atomic E-state index is 13.2. The number of rotatable bonds is 9. The van der Waals surface area contributed by atoms with Gasteiger partial charge >= 0.3 is 0 Å². The molecule has 2 heterocycles. The summed E-state index contributed by atoms with van der Waals surface area (Å²) in [7, 11) is 3.90. The molecular formula is C32H39N5O3. The van der Waals surface area contributed by atoms with Crippen molar-refractivity contribution in [1.82, 2.24) is 14.8 Å². The van der Waals surface area contributed by atoms with Gasteiger partial charge in [-0.05, 0) is 86.4 Å². The van der Waals surface area contributed by atoms with Crippen LogP contribution in [0.25, 0.3) is 11.1 Å². The Balaban J connectivity index is 1.45. The molecular weight excluding hydrogens is 502 g/mol. The van der Waals surface area contributed by atoms with Crippen LogP contribution in [0.3, 0.4) is 0 Å². The van der Waals surface area contributed by atoms with Crippen LogP contribution in [0.4, 0.5) is 11.4 Å².